The number of hydrogen-bond donors (Lipinski definition) is 1. The third kappa shape index (κ3) is 3.11. The number of halogens is 5. The van der Waals surface area contributed by atoms with E-state index >= 15 is 0 Å². The Morgan fingerprint density at radius 1 is 1.38 bits per heavy atom. The van der Waals surface area contributed by atoms with Crippen LogP contribution in [0.25, 0.3) is 0 Å². The maximum atomic E-state index is 11.3. The summed E-state index contributed by atoms with van der Waals surface area (Å²) in [5.41, 5.74) is 6.54. The predicted octanol–water partition coefficient (Wildman–Crippen LogP) is 3.04. The van der Waals surface area contributed by atoms with Crippen molar-refractivity contribution in [2.75, 3.05) is 0 Å². The highest BCUT2D eigenvalue weighted by Crippen LogP contribution is 2.43. The van der Waals surface area contributed by atoms with E-state index in [-0.39, 0.29) is 9.50 Å². The lowest BCUT2D eigenvalue weighted by Crippen LogP contribution is -2.44. The molecule has 0 spiro atoms. The number of rotatable bonds is 2. The van der Waals surface area contributed by atoms with Gasteiger partial charge in [-0.2, -0.15) is 0 Å². The second-order valence-corrected chi connectivity index (χ2v) is 7.90. The van der Waals surface area contributed by atoms with Crippen molar-refractivity contribution in [2.24, 2.45) is 5.73 Å². The number of alkyl halides is 2. The molecule has 0 amide bonds. The molecule has 2 N–H and O–H groups in total. The van der Waals surface area contributed by atoms with Gasteiger partial charge >= 0.3 is 0 Å². The first-order valence-corrected chi connectivity index (χ1v) is 7.98. The molecular formula is C8H4Cl2I3NO2. The maximum absolute atomic E-state index is 11.3. The summed E-state index contributed by atoms with van der Waals surface area (Å²) < 4.78 is -0.690. The summed E-state index contributed by atoms with van der Waals surface area (Å²) in [7, 11) is 0. The first-order valence-electron chi connectivity index (χ1n) is 3.83. The van der Waals surface area contributed by atoms with E-state index in [4.69, 9.17) is 28.9 Å². The molecule has 2 atom stereocenters. The number of nitrogens with two attached hydrogens (primary N) is 1. The van der Waals surface area contributed by atoms with E-state index in [0.717, 1.165) is 0 Å². The van der Waals surface area contributed by atoms with Gasteiger partial charge in [0.05, 0.1) is 3.92 Å². The minimum atomic E-state index is -0.854. The minimum Gasteiger partial charge on any atom is -0.313 e. The van der Waals surface area contributed by atoms with E-state index in [1.807, 2.05) is 67.8 Å². The normalized spacial score (nSPS) is 30.1. The predicted molar refractivity (Wildman–Crippen MR) is 89.6 cm³/mol. The summed E-state index contributed by atoms with van der Waals surface area (Å²) in [5, 5.41) is -1.26. The van der Waals surface area contributed by atoms with Crippen molar-refractivity contribution in [2.45, 2.75) is 7.47 Å². The number of hydrogen-bond acceptors (Lipinski definition) is 3. The van der Waals surface area contributed by atoms with Crippen molar-refractivity contribution in [3.63, 3.8) is 0 Å². The number of carbonyl (C=O) groups is 2. The largest absolute Gasteiger partial charge is 0.313 e. The van der Waals surface area contributed by atoms with Crippen molar-refractivity contribution in [3.8, 4) is 0 Å². The van der Waals surface area contributed by atoms with Gasteiger partial charge in [0, 0.05) is 14.7 Å². The summed E-state index contributed by atoms with van der Waals surface area (Å²) in [6.07, 6.45) is 1.56. The molecule has 0 saturated carbocycles. The Bertz CT molecular complexity index is 431. The van der Waals surface area contributed by atoms with Crippen molar-refractivity contribution in [1.82, 2.24) is 0 Å². The van der Waals surface area contributed by atoms with Gasteiger partial charge in [0.2, 0.25) is 0 Å². The molecule has 88 valence electrons. The standard InChI is InChI=1S/C8H4Cl2I3NO2/c9-6(15)2-1-8(13,14)5(12)3(4(2)11)7(10)16/h1,5H,14H2. The second-order valence-electron chi connectivity index (χ2n) is 3.02. The van der Waals surface area contributed by atoms with E-state index in [0.29, 0.717) is 9.15 Å². The molecule has 0 aromatic carbocycles. The molecule has 1 aliphatic carbocycles. The van der Waals surface area contributed by atoms with Crippen molar-refractivity contribution in [1.29, 1.82) is 0 Å². The van der Waals surface area contributed by atoms with Crippen molar-refractivity contribution >= 4 is 101 Å². The van der Waals surface area contributed by atoms with Gasteiger partial charge in [0.1, 0.15) is 3.55 Å². The molecule has 0 radical (unpaired) electrons. The summed E-state index contributed by atoms with van der Waals surface area (Å²) in [4.78, 5) is 22.5. The first-order chi connectivity index (χ1) is 7.18. The quantitative estimate of drug-likeness (QED) is 0.231. The Morgan fingerprint density at radius 2 is 1.88 bits per heavy atom. The number of allylic oxidation sites excluding steroid dienone is 2. The molecule has 0 bridgehead atoms. The Kier molecular flexibility index (Phi) is 5.54. The first kappa shape index (κ1) is 15.6. The van der Waals surface area contributed by atoms with E-state index in [9.17, 15) is 9.59 Å². The molecule has 1 aliphatic rings. The summed E-state index contributed by atoms with van der Waals surface area (Å²) in [5.74, 6) is 0. The molecule has 8 heteroatoms. The van der Waals surface area contributed by atoms with Gasteiger partial charge in [-0.05, 0) is 51.9 Å². The molecule has 2 unspecified atom stereocenters. The number of carbonyl (C=O) groups excluding carboxylic acids is 2. The average Bonchev–Trinajstić information content (AvgIpc) is 2.11. The van der Waals surface area contributed by atoms with Gasteiger partial charge in [-0.3, -0.25) is 9.59 Å². The third-order valence-electron chi connectivity index (χ3n) is 1.90. The van der Waals surface area contributed by atoms with Crippen LogP contribution in [0, 0.1) is 0 Å². The van der Waals surface area contributed by atoms with E-state index in [2.05, 4.69) is 0 Å². The Labute approximate surface area is 143 Å². The SMILES string of the molecule is NC1(I)C=C(C(=O)Cl)C(I)=C(C(=O)Cl)C1I. The Balaban J connectivity index is 3.44. The Morgan fingerprint density at radius 3 is 2.25 bits per heavy atom. The van der Waals surface area contributed by atoms with Crippen LogP contribution in [0.15, 0.2) is 20.8 Å². The molecule has 0 fully saturated rings. The zero-order valence-electron chi connectivity index (χ0n) is 7.44. The molecule has 3 nitrogen and oxygen atoms in total. The van der Waals surface area contributed by atoms with E-state index in [1.165, 1.54) is 0 Å². The van der Waals surface area contributed by atoms with Gasteiger partial charge in [0.15, 0.2) is 0 Å². The fraction of sp³-hybridized carbons (Fsp3) is 0.250. The second kappa shape index (κ2) is 5.68. The molecule has 0 heterocycles. The fourth-order valence-corrected chi connectivity index (χ4v) is 4.97. The lowest BCUT2D eigenvalue weighted by molar-refractivity contribution is -0.108. The van der Waals surface area contributed by atoms with Gasteiger partial charge in [-0.1, -0.05) is 45.2 Å². The van der Waals surface area contributed by atoms with Crippen LogP contribution in [0.4, 0.5) is 0 Å². The highest BCUT2D eigenvalue weighted by molar-refractivity contribution is 14.1. The fourth-order valence-electron chi connectivity index (χ4n) is 1.16. The van der Waals surface area contributed by atoms with Crippen LogP contribution in [0.1, 0.15) is 0 Å². The topological polar surface area (TPSA) is 60.2 Å². The lowest BCUT2D eigenvalue weighted by Gasteiger charge is -2.31. The smallest absolute Gasteiger partial charge is 0.253 e. The highest BCUT2D eigenvalue weighted by Gasteiger charge is 2.40. The van der Waals surface area contributed by atoms with E-state index in [1.54, 1.807) is 6.08 Å². The molecular weight excluding hydrogens is 594 g/mol. The van der Waals surface area contributed by atoms with Crippen LogP contribution >= 0.6 is 91.0 Å². The van der Waals surface area contributed by atoms with Gasteiger partial charge in [-0.25, -0.2) is 0 Å². The van der Waals surface area contributed by atoms with Crippen LogP contribution in [0.5, 0.6) is 0 Å². The lowest BCUT2D eigenvalue weighted by atomic mass is 9.97. The van der Waals surface area contributed by atoms with Crippen LogP contribution in [-0.4, -0.2) is 18.0 Å². The highest BCUT2D eigenvalue weighted by atomic mass is 127. The van der Waals surface area contributed by atoms with Crippen LogP contribution < -0.4 is 5.73 Å². The molecule has 1 rings (SSSR count). The third-order valence-corrected chi connectivity index (χ3v) is 7.25. The molecule has 0 aromatic heterocycles. The zero-order valence-corrected chi connectivity index (χ0v) is 15.4. The minimum absolute atomic E-state index is 0.232. The van der Waals surface area contributed by atoms with Crippen LogP contribution in [-0.2, 0) is 9.59 Å². The molecule has 0 aromatic rings. The summed E-state index contributed by atoms with van der Waals surface area (Å²) >= 11 is 16.8. The molecule has 0 aliphatic heterocycles. The van der Waals surface area contributed by atoms with Gasteiger partial charge in [-0.15, -0.1) is 0 Å². The summed E-state index contributed by atoms with van der Waals surface area (Å²) in [6, 6.07) is 0. The average molecular weight is 598 g/mol. The van der Waals surface area contributed by atoms with E-state index < -0.39 is 14.0 Å². The molecule has 16 heavy (non-hydrogen) atoms. The van der Waals surface area contributed by atoms with Gasteiger partial charge in [0.25, 0.3) is 10.5 Å². The maximum Gasteiger partial charge on any atom is 0.253 e. The van der Waals surface area contributed by atoms with Crippen molar-refractivity contribution < 1.29 is 9.59 Å². The van der Waals surface area contributed by atoms with Gasteiger partial charge < -0.3 is 5.73 Å². The summed E-state index contributed by atoms with van der Waals surface area (Å²) in [6.45, 7) is 0. The molecule has 0 saturated heterocycles. The van der Waals surface area contributed by atoms with Crippen LogP contribution in [0.2, 0.25) is 0 Å². The Hall–Kier alpha value is 1.55. The zero-order chi connectivity index (χ0) is 12.7. The van der Waals surface area contributed by atoms with Crippen molar-refractivity contribution in [3.05, 3.63) is 20.8 Å². The monoisotopic (exact) mass is 597 g/mol. The van der Waals surface area contributed by atoms with Crippen LogP contribution in [0.3, 0.4) is 0 Å².